The van der Waals surface area contributed by atoms with Crippen molar-refractivity contribution in [2.75, 3.05) is 24.5 Å². The molecule has 5 heteroatoms. The summed E-state index contributed by atoms with van der Waals surface area (Å²) in [7, 11) is 0. The number of hydrogen-bond acceptors (Lipinski definition) is 5. The molecule has 4 rings (SSSR count). The van der Waals surface area contributed by atoms with Crippen LogP contribution in [0.1, 0.15) is 18.4 Å². The van der Waals surface area contributed by atoms with Crippen LogP contribution in [0.15, 0.2) is 48.9 Å². The van der Waals surface area contributed by atoms with Crippen molar-refractivity contribution in [3.05, 3.63) is 54.5 Å². The minimum Gasteiger partial charge on any atom is -0.355 e. The molecule has 2 saturated heterocycles. The largest absolute Gasteiger partial charge is 0.355 e. The topological polar surface area (TPSA) is 53.1 Å². The molecule has 2 aliphatic rings. The molecule has 2 fully saturated rings. The first-order valence-electron chi connectivity index (χ1n) is 8.93. The molecule has 0 saturated carbocycles. The number of anilines is 1. The Morgan fingerprint density at radius 1 is 1.08 bits per heavy atom. The Labute approximate surface area is 143 Å². The van der Waals surface area contributed by atoms with Crippen LogP contribution < -0.4 is 15.8 Å². The molecule has 2 aromatic rings. The maximum absolute atomic E-state index is 4.43. The Kier molecular flexibility index (Phi) is 4.71. The second kappa shape index (κ2) is 7.28. The van der Waals surface area contributed by atoms with E-state index in [9.17, 15) is 0 Å². The van der Waals surface area contributed by atoms with Crippen LogP contribution in [0, 0.1) is 11.8 Å². The van der Waals surface area contributed by atoms with Crippen LogP contribution in [0.25, 0.3) is 0 Å². The summed E-state index contributed by atoms with van der Waals surface area (Å²) in [5, 5.41) is 0. The number of benzene rings is 1. The zero-order valence-electron chi connectivity index (χ0n) is 13.9. The second-order valence-corrected chi connectivity index (χ2v) is 6.89. The third kappa shape index (κ3) is 3.42. The van der Waals surface area contributed by atoms with Gasteiger partial charge in [-0.05, 0) is 36.7 Å². The molecule has 0 amide bonds. The van der Waals surface area contributed by atoms with Crippen molar-refractivity contribution in [2.24, 2.45) is 11.8 Å². The van der Waals surface area contributed by atoms with Crippen molar-refractivity contribution >= 4 is 5.82 Å². The van der Waals surface area contributed by atoms with Crippen LogP contribution in [0.3, 0.4) is 0 Å². The van der Waals surface area contributed by atoms with Crippen molar-refractivity contribution in [3.63, 3.8) is 0 Å². The van der Waals surface area contributed by atoms with Gasteiger partial charge in [0.1, 0.15) is 5.82 Å². The Balaban J connectivity index is 1.36. The number of nitrogens with one attached hydrogen (secondary N) is 2. The number of aromatic nitrogens is 2. The Hall–Kier alpha value is -1.98. The molecular weight excluding hydrogens is 298 g/mol. The van der Waals surface area contributed by atoms with E-state index in [1.165, 1.54) is 18.4 Å². The lowest BCUT2D eigenvalue weighted by Gasteiger charge is -2.36. The highest BCUT2D eigenvalue weighted by atomic mass is 15.4. The SMILES string of the molecule is c1ccc(CC2CNNC2C2CCN(c3cnccn3)CC2)cc1. The first-order chi connectivity index (χ1) is 11.9. The third-order valence-corrected chi connectivity index (χ3v) is 5.40. The van der Waals surface area contributed by atoms with Crippen molar-refractivity contribution in [1.82, 2.24) is 20.8 Å². The van der Waals surface area contributed by atoms with E-state index in [-0.39, 0.29) is 0 Å². The standard InChI is InChI=1S/C19H25N5/c1-2-4-15(5-3-1)12-17-13-22-23-19(17)16-6-10-24(11-7-16)18-14-20-8-9-21-18/h1-5,8-9,14,16-17,19,22-23H,6-7,10-13H2. The number of hydrogen-bond donors (Lipinski definition) is 2. The smallest absolute Gasteiger partial charge is 0.147 e. The molecule has 0 spiro atoms. The molecule has 2 N–H and O–H groups in total. The number of nitrogens with zero attached hydrogens (tertiary/aromatic N) is 3. The molecular formula is C19H25N5. The number of piperidine rings is 1. The molecule has 3 heterocycles. The third-order valence-electron chi connectivity index (χ3n) is 5.40. The van der Waals surface area contributed by atoms with Gasteiger partial charge in [0.15, 0.2) is 0 Å². The van der Waals surface area contributed by atoms with E-state index in [2.05, 4.69) is 56.1 Å². The quantitative estimate of drug-likeness (QED) is 0.902. The maximum Gasteiger partial charge on any atom is 0.147 e. The fourth-order valence-electron chi connectivity index (χ4n) is 4.11. The molecule has 24 heavy (non-hydrogen) atoms. The van der Waals surface area contributed by atoms with Gasteiger partial charge >= 0.3 is 0 Å². The van der Waals surface area contributed by atoms with Gasteiger partial charge in [-0.1, -0.05) is 30.3 Å². The van der Waals surface area contributed by atoms with Gasteiger partial charge in [-0.2, -0.15) is 0 Å². The summed E-state index contributed by atoms with van der Waals surface area (Å²) in [4.78, 5) is 11.0. The Morgan fingerprint density at radius 2 is 1.92 bits per heavy atom. The van der Waals surface area contributed by atoms with E-state index in [0.717, 1.165) is 37.8 Å². The van der Waals surface area contributed by atoms with Crippen molar-refractivity contribution < 1.29 is 0 Å². The highest BCUT2D eigenvalue weighted by Crippen LogP contribution is 2.29. The van der Waals surface area contributed by atoms with Gasteiger partial charge in [-0.3, -0.25) is 15.8 Å². The summed E-state index contributed by atoms with van der Waals surface area (Å²) in [6.07, 6.45) is 8.95. The van der Waals surface area contributed by atoms with Crippen LogP contribution >= 0.6 is 0 Å². The minimum absolute atomic E-state index is 0.564. The Bertz CT molecular complexity index is 625. The number of hydrazine groups is 1. The fraction of sp³-hybridized carbons (Fsp3) is 0.474. The normalized spacial score (nSPS) is 25.1. The van der Waals surface area contributed by atoms with Crippen LogP contribution in [0.2, 0.25) is 0 Å². The van der Waals surface area contributed by atoms with Crippen LogP contribution in [-0.4, -0.2) is 35.6 Å². The van der Waals surface area contributed by atoms with Gasteiger partial charge in [0.05, 0.1) is 6.20 Å². The summed E-state index contributed by atoms with van der Waals surface area (Å²) in [6.45, 7) is 3.20. The van der Waals surface area contributed by atoms with Crippen molar-refractivity contribution in [1.29, 1.82) is 0 Å². The predicted molar refractivity (Wildman–Crippen MR) is 95.5 cm³/mol. The molecule has 0 aliphatic carbocycles. The molecule has 0 bridgehead atoms. The summed E-state index contributed by atoms with van der Waals surface area (Å²) in [5.74, 6) is 2.40. The minimum atomic E-state index is 0.564. The molecule has 0 radical (unpaired) electrons. The first kappa shape index (κ1) is 15.5. The lowest BCUT2D eigenvalue weighted by molar-refractivity contribution is 0.267. The number of rotatable bonds is 4. The first-order valence-corrected chi connectivity index (χ1v) is 8.93. The van der Waals surface area contributed by atoms with Crippen LogP contribution in [0.5, 0.6) is 0 Å². The maximum atomic E-state index is 4.43. The molecule has 2 unspecified atom stereocenters. The van der Waals surface area contributed by atoms with Gasteiger partial charge < -0.3 is 4.90 Å². The van der Waals surface area contributed by atoms with E-state index >= 15 is 0 Å². The van der Waals surface area contributed by atoms with E-state index in [0.29, 0.717) is 12.0 Å². The molecule has 1 aromatic heterocycles. The average Bonchev–Trinajstić information content (AvgIpc) is 3.11. The van der Waals surface area contributed by atoms with Gasteiger partial charge in [0.25, 0.3) is 0 Å². The highest BCUT2D eigenvalue weighted by Gasteiger charge is 2.35. The van der Waals surface area contributed by atoms with Gasteiger partial charge in [-0.25, -0.2) is 4.98 Å². The predicted octanol–water partition coefficient (Wildman–Crippen LogP) is 2.03. The van der Waals surface area contributed by atoms with Gasteiger partial charge in [-0.15, -0.1) is 0 Å². The van der Waals surface area contributed by atoms with Gasteiger partial charge in [0, 0.05) is 38.1 Å². The van der Waals surface area contributed by atoms with E-state index in [1.807, 2.05) is 6.20 Å². The van der Waals surface area contributed by atoms with Gasteiger partial charge in [0.2, 0.25) is 0 Å². The molecule has 126 valence electrons. The summed E-state index contributed by atoms with van der Waals surface area (Å²) >= 11 is 0. The lowest BCUT2D eigenvalue weighted by atomic mass is 9.81. The van der Waals surface area contributed by atoms with E-state index in [1.54, 1.807) is 12.4 Å². The highest BCUT2D eigenvalue weighted by molar-refractivity contribution is 5.35. The van der Waals surface area contributed by atoms with Crippen molar-refractivity contribution in [2.45, 2.75) is 25.3 Å². The van der Waals surface area contributed by atoms with E-state index in [4.69, 9.17) is 0 Å². The zero-order valence-corrected chi connectivity index (χ0v) is 13.9. The van der Waals surface area contributed by atoms with E-state index < -0.39 is 0 Å². The summed E-state index contributed by atoms with van der Waals surface area (Å²) < 4.78 is 0. The molecule has 2 atom stereocenters. The zero-order chi connectivity index (χ0) is 16.2. The second-order valence-electron chi connectivity index (χ2n) is 6.89. The van der Waals surface area contributed by atoms with Crippen molar-refractivity contribution in [3.8, 4) is 0 Å². The lowest BCUT2D eigenvalue weighted by Crippen LogP contribution is -2.45. The summed E-state index contributed by atoms with van der Waals surface area (Å²) in [6, 6.07) is 11.4. The van der Waals surface area contributed by atoms with Crippen LogP contribution in [-0.2, 0) is 6.42 Å². The fourth-order valence-corrected chi connectivity index (χ4v) is 4.11. The molecule has 1 aromatic carbocycles. The average molecular weight is 323 g/mol. The monoisotopic (exact) mass is 323 g/mol. The van der Waals surface area contributed by atoms with Crippen LogP contribution in [0.4, 0.5) is 5.82 Å². The summed E-state index contributed by atoms with van der Waals surface area (Å²) in [5.41, 5.74) is 8.39. The Morgan fingerprint density at radius 3 is 2.67 bits per heavy atom. The molecule has 5 nitrogen and oxygen atoms in total. The molecule has 2 aliphatic heterocycles.